The van der Waals surface area contributed by atoms with E-state index < -0.39 is 0 Å². The molecule has 0 aliphatic heterocycles. The first-order chi connectivity index (χ1) is 30.9. The van der Waals surface area contributed by atoms with E-state index in [1.54, 1.807) is 0 Å². The highest BCUT2D eigenvalue weighted by atomic mass is 15.2. The molecular weight excluding hydrogens is 765 g/mol. The van der Waals surface area contributed by atoms with Crippen molar-refractivity contribution in [2.75, 3.05) is 10.2 Å². The second-order valence-corrected chi connectivity index (χ2v) is 18.2. The minimum Gasteiger partial charge on any atom is -0.353 e. The molecule has 0 saturated heterocycles. The molecule has 2 heterocycles. The van der Waals surface area contributed by atoms with Gasteiger partial charge >= 0.3 is 0 Å². The van der Waals surface area contributed by atoms with Crippen LogP contribution in [0.15, 0.2) is 182 Å². The van der Waals surface area contributed by atoms with Crippen LogP contribution in [-0.4, -0.2) is 9.13 Å². The van der Waals surface area contributed by atoms with Crippen LogP contribution in [0.2, 0.25) is 0 Å². The van der Waals surface area contributed by atoms with Gasteiger partial charge in [0.1, 0.15) is 0 Å². The number of fused-ring (bicyclic) bond motifs is 11. The summed E-state index contributed by atoms with van der Waals surface area (Å²) in [6.07, 6.45) is 8.27. The fraction of sp³-hybridized carbons (Fsp3) is 0.153. The van der Waals surface area contributed by atoms with E-state index in [1.807, 2.05) is 0 Å². The van der Waals surface area contributed by atoms with Gasteiger partial charge in [0.15, 0.2) is 0 Å². The smallest absolute Gasteiger partial charge is 0.0998 e. The standard InChI is InChI=1S/C59H50N4/c1-39-18-16-31-55-46(34-32-39)44-24-12-14-29-54(44)61(55)38-62-56-30-15-13-25-45(56)48-27-17-28-52(58(48)62)60-53-37-51-57(47-26-11-10-23-43(47)53)49-35-33-42(36-50(49)59(51,2)3)63(40-19-6-4-7-20-40)41-21-8-5-9-22-41/h4-15,17,19-30,32-37,39,60H,16,18,31,38H2,1-3H3/b34-32-. The molecule has 2 aliphatic carbocycles. The highest BCUT2D eigenvalue weighted by molar-refractivity contribution is 6.14. The molecular formula is C59H50N4. The maximum Gasteiger partial charge on any atom is 0.0998 e. The van der Waals surface area contributed by atoms with Gasteiger partial charge in [0.25, 0.3) is 0 Å². The number of para-hydroxylation sites is 5. The zero-order valence-corrected chi connectivity index (χ0v) is 36.1. The van der Waals surface area contributed by atoms with Crippen molar-refractivity contribution >= 4 is 78.0 Å². The molecule has 12 rings (SSSR count). The molecule has 4 nitrogen and oxygen atoms in total. The summed E-state index contributed by atoms with van der Waals surface area (Å²) in [5, 5.41) is 10.5. The summed E-state index contributed by atoms with van der Waals surface area (Å²) in [5.41, 5.74) is 17.3. The van der Waals surface area contributed by atoms with Gasteiger partial charge in [0, 0.05) is 61.0 Å². The third-order valence-electron chi connectivity index (χ3n) is 14.1. The number of allylic oxidation sites excluding steroid dienone is 1. The van der Waals surface area contributed by atoms with Gasteiger partial charge in [-0.15, -0.1) is 0 Å². The van der Waals surface area contributed by atoms with E-state index in [4.69, 9.17) is 0 Å². The number of nitrogens with one attached hydrogen (secondary N) is 1. The highest BCUT2D eigenvalue weighted by Crippen LogP contribution is 2.54. The molecule has 0 bridgehead atoms. The molecule has 4 heteroatoms. The molecule has 10 aromatic rings. The maximum atomic E-state index is 4.11. The van der Waals surface area contributed by atoms with Crippen molar-refractivity contribution < 1.29 is 0 Å². The Morgan fingerprint density at radius 3 is 1.95 bits per heavy atom. The molecule has 1 atom stereocenters. The molecule has 63 heavy (non-hydrogen) atoms. The van der Waals surface area contributed by atoms with Crippen molar-refractivity contribution in [3.8, 4) is 11.1 Å². The summed E-state index contributed by atoms with van der Waals surface area (Å²) in [7, 11) is 0. The Bertz CT molecular complexity index is 3380. The van der Waals surface area contributed by atoms with E-state index in [1.165, 1.54) is 89.8 Å². The van der Waals surface area contributed by atoms with E-state index in [9.17, 15) is 0 Å². The van der Waals surface area contributed by atoms with Crippen molar-refractivity contribution in [1.29, 1.82) is 0 Å². The van der Waals surface area contributed by atoms with Gasteiger partial charge in [0.2, 0.25) is 0 Å². The second-order valence-electron chi connectivity index (χ2n) is 18.2. The third kappa shape index (κ3) is 5.96. The number of rotatable bonds is 7. The van der Waals surface area contributed by atoms with E-state index in [0.29, 0.717) is 5.92 Å². The van der Waals surface area contributed by atoms with Gasteiger partial charge in [0.05, 0.1) is 28.9 Å². The van der Waals surface area contributed by atoms with Gasteiger partial charge in [-0.05, 0) is 113 Å². The van der Waals surface area contributed by atoms with Crippen LogP contribution < -0.4 is 10.2 Å². The predicted octanol–water partition coefficient (Wildman–Crippen LogP) is 15.9. The topological polar surface area (TPSA) is 25.1 Å². The van der Waals surface area contributed by atoms with Crippen LogP contribution in [0.4, 0.5) is 28.4 Å². The molecule has 0 amide bonds. The van der Waals surface area contributed by atoms with Crippen molar-refractivity contribution in [1.82, 2.24) is 9.13 Å². The second kappa shape index (κ2) is 14.7. The summed E-state index contributed by atoms with van der Waals surface area (Å²) in [6, 6.07) is 64.7. The zero-order chi connectivity index (χ0) is 42.2. The number of hydrogen-bond acceptors (Lipinski definition) is 2. The fourth-order valence-corrected chi connectivity index (χ4v) is 11.0. The molecule has 2 aromatic heterocycles. The quantitative estimate of drug-likeness (QED) is 0.173. The molecule has 1 unspecified atom stereocenters. The average Bonchev–Trinajstić information content (AvgIpc) is 3.88. The molecule has 1 N–H and O–H groups in total. The number of anilines is 5. The van der Waals surface area contributed by atoms with Crippen LogP contribution in [0, 0.1) is 5.92 Å². The van der Waals surface area contributed by atoms with Gasteiger partial charge < -0.3 is 19.4 Å². The SMILES string of the molecule is CC1/C=C\c2c(n(Cn3c4ccccc4c4cccc(Nc5cc6c(c7ccccc57)-c5ccc(N(c7ccccc7)c7ccccc7)cc5C6(C)C)c43)c3ccccc23)CCC1. The average molecular weight is 815 g/mol. The molecule has 0 radical (unpaired) electrons. The normalized spacial score (nSPS) is 15.8. The Hall–Kier alpha value is -7.30. The highest BCUT2D eigenvalue weighted by Gasteiger charge is 2.38. The Kier molecular flexibility index (Phi) is 8.72. The molecule has 0 spiro atoms. The predicted molar refractivity (Wildman–Crippen MR) is 267 cm³/mol. The first-order valence-electron chi connectivity index (χ1n) is 22.6. The lowest BCUT2D eigenvalue weighted by Crippen LogP contribution is -2.17. The zero-order valence-electron chi connectivity index (χ0n) is 36.1. The summed E-state index contributed by atoms with van der Waals surface area (Å²) >= 11 is 0. The molecule has 2 aliphatic rings. The van der Waals surface area contributed by atoms with Crippen LogP contribution in [0.1, 0.15) is 56.0 Å². The van der Waals surface area contributed by atoms with Crippen LogP contribution in [0.3, 0.4) is 0 Å². The Morgan fingerprint density at radius 2 is 1.21 bits per heavy atom. The molecule has 306 valence electrons. The number of hydrogen-bond donors (Lipinski definition) is 1. The lowest BCUT2D eigenvalue weighted by molar-refractivity contribution is 0.572. The minimum absolute atomic E-state index is 0.251. The number of nitrogens with zero attached hydrogens (tertiary/aromatic N) is 3. The Balaban J connectivity index is 1.01. The molecule has 8 aromatic carbocycles. The fourth-order valence-electron chi connectivity index (χ4n) is 11.0. The van der Waals surface area contributed by atoms with Crippen LogP contribution >= 0.6 is 0 Å². The third-order valence-corrected chi connectivity index (χ3v) is 14.1. The Labute approximate surface area is 369 Å². The van der Waals surface area contributed by atoms with E-state index in [2.05, 4.69) is 228 Å². The number of aromatic nitrogens is 2. The maximum absolute atomic E-state index is 4.11. The van der Waals surface area contributed by atoms with Gasteiger partial charge in [-0.2, -0.15) is 0 Å². The summed E-state index contributed by atoms with van der Waals surface area (Å²) in [5.74, 6) is 0.586. The van der Waals surface area contributed by atoms with Crippen LogP contribution in [0.5, 0.6) is 0 Å². The monoisotopic (exact) mass is 814 g/mol. The van der Waals surface area contributed by atoms with Crippen molar-refractivity contribution in [3.05, 3.63) is 204 Å². The minimum atomic E-state index is -0.251. The Morgan fingerprint density at radius 1 is 0.571 bits per heavy atom. The first-order valence-corrected chi connectivity index (χ1v) is 22.6. The largest absolute Gasteiger partial charge is 0.353 e. The van der Waals surface area contributed by atoms with E-state index in [-0.39, 0.29) is 5.41 Å². The lowest BCUT2D eigenvalue weighted by Gasteiger charge is -2.28. The van der Waals surface area contributed by atoms with E-state index >= 15 is 0 Å². The van der Waals surface area contributed by atoms with Crippen LogP contribution in [0.25, 0.3) is 60.7 Å². The van der Waals surface area contributed by atoms with Crippen molar-refractivity contribution in [2.24, 2.45) is 5.92 Å². The van der Waals surface area contributed by atoms with E-state index in [0.717, 1.165) is 41.5 Å². The summed E-state index contributed by atoms with van der Waals surface area (Å²) in [6.45, 7) is 7.87. The van der Waals surface area contributed by atoms with Gasteiger partial charge in [-0.1, -0.05) is 148 Å². The number of benzene rings is 8. The van der Waals surface area contributed by atoms with Crippen LogP contribution in [-0.2, 0) is 18.5 Å². The summed E-state index contributed by atoms with van der Waals surface area (Å²) in [4.78, 5) is 2.37. The van der Waals surface area contributed by atoms with Crippen molar-refractivity contribution in [3.63, 3.8) is 0 Å². The first kappa shape index (κ1) is 37.5. The summed E-state index contributed by atoms with van der Waals surface area (Å²) < 4.78 is 5.16. The van der Waals surface area contributed by atoms with Gasteiger partial charge in [-0.3, -0.25) is 0 Å². The molecule has 0 fully saturated rings. The van der Waals surface area contributed by atoms with Crippen molar-refractivity contribution in [2.45, 2.75) is 52.1 Å². The molecule has 0 saturated carbocycles. The van der Waals surface area contributed by atoms with Gasteiger partial charge in [-0.25, -0.2) is 0 Å². The lowest BCUT2D eigenvalue weighted by atomic mass is 9.81.